The Bertz CT molecular complexity index is 692. The Balaban J connectivity index is 1.80. The molecule has 0 radical (unpaired) electrons. The lowest BCUT2D eigenvalue weighted by Gasteiger charge is -2.18. The van der Waals surface area contributed by atoms with Crippen LogP contribution in [0.3, 0.4) is 0 Å². The van der Waals surface area contributed by atoms with Crippen LogP contribution in [0.25, 0.3) is 11.0 Å². The number of benzene rings is 1. The molecule has 21 heavy (non-hydrogen) atoms. The first-order valence-electron chi connectivity index (χ1n) is 6.86. The Morgan fingerprint density at radius 3 is 3.05 bits per heavy atom. The van der Waals surface area contributed by atoms with E-state index in [0.29, 0.717) is 18.7 Å². The third-order valence-electron chi connectivity index (χ3n) is 3.54. The second kappa shape index (κ2) is 5.57. The van der Waals surface area contributed by atoms with Crippen LogP contribution in [-0.4, -0.2) is 41.5 Å². The first kappa shape index (κ1) is 13.6. The quantitative estimate of drug-likeness (QED) is 0.893. The van der Waals surface area contributed by atoms with Gasteiger partial charge in [0, 0.05) is 25.0 Å². The Hall–Kier alpha value is -2.34. The van der Waals surface area contributed by atoms with Gasteiger partial charge in [-0.15, -0.1) is 0 Å². The molecule has 0 spiro atoms. The minimum absolute atomic E-state index is 0.0463. The van der Waals surface area contributed by atoms with Crippen molar-refractivity contribution in [2.45, 2.75) is 13.0 Å². The summed E-state index contributed by atoms with van der Waals surface area (Å²) in [4.78, 5) is 24.5. The first-order valence-corrected chi connectivity index (χ1v) is 6.86. The molecule has 3 rings (SSSR count). The summed E-state index contributed by atoms with van der Waals surface area (Å²) >= 11 is 0. The molecule has 2 N–H and O–H groups in total. The minimum Gasteiger partial charge on any atom is -0.475 e. The molecule has 2 aromatic rings. The molecule has 1 aliphatic heterocycles. The monoisotopic (exact) mass is 288 g/mol. The summed E-state index contributed by atoms with van der Waals surface area (Å²) in [5.74, 6) is -1.08. The van der Waals surface area contributed by atoms with Crippen molar-refractivity contribution in [1.29, 1.82) is 0 Å². The van der Waals surface area contributed by atoms with Gasteiger partial charge in [-0.25, -0.2) is 4.79 Å². The zero-order valence-electron chi connectivity index (χ0n) is 11.5. The Morgan fingerprint density at radius 2 is 2.24 bits per heavy atom. The molecule has 6 heteroatoms. The van der Waals surface area contributed by atoms with E-state index in [1.54, 1.807) is 6.07 Å². The normalized spacial score (nSPS) is 16.7. The van der Waals surface area contributed by atoms with Crippen LogP contribution in [0, 0.1) is 0 Å². The van der Waals surface area contributed by atoms with Gasteiger partial charge < -0.3 is 14.8 Å². The van der Waals surface area contributed by atoms with E-state index >= 15 is 0 Å². The van der Waals surface area contributed by atoms with Crippen LogP contribution in [0.4, 0.5) is 0 Å². The number of hydrogen-bond acceptors (Lipinski definition) is 4. The van der Waals surface area contributed by atoms with E-state index in [1.807, 2.05) is 12.1 Å². The molecule has 1 aromatic heterocycles. The van der Waals surface area contributed by atoms with Crippen LogP contribution < -0.4 is 5.32 Å². The van der Waals surface area contributed by atoms with Gasteiger partial charge in [0.2, 0.25) is 11.7 Å². The highest BCUT2D eigenvalue weighted by Gasteiger charge is 2.15. The maximum atomic E-state index is 11.5. The number of furan rings is 1. The summed E-state index contributed by atoms with van der Waals surface area (Å²) in [6.45, 7) is 2.64. The van der Waals surface area contributed by atoms with Crippen molar-refractivity contribution in [3.05, 3.63) is 35.6 Å². The number of amides is 1. The first-order chi connectivity index (χ1) is 10.1. The van der Waals surface area contributed by atoms with Crippen LogP contribution in [0.5, 0.6) is 0 Å². The topological polar surface area (TPSA) is 82.8 Å². The third-order valence-corrected chi connectivity index (χ3v) is 3.54. The lowest BCUT2D eigenvalue weighted by molar-refractivity contribution is -0.121. The number of carbonyl (C=O) groups is 2. The SMILES string of the molecule is O=C1CN(Cc2ccc3oc(C(=O)O)cc3c2)CCCN1. The molecule has 1 aromatic carbocycles. The van der Waals surface area contributed by atoms with Gasteiger partial charge >= 0.3 is 5.97 Å². The largest absolute Gasteiger partial charge is 0.475 e. The number of aromatic carboxylic acids is 1. The number of fused-ring (bicyclic) bond motifs is 1. The average molecular weight is 288 g/mol. The molecule has 6 nitrogen and oxygen atoms in total. The summed E-state index contributed by atoms with van der Waals surface area (Å²) in [6.07, 6.45) is 0.933. The van der Waals surface area contributed by atoms with E-state index in [0.717, 1.165) is 30.5 Å². The Kier molecular flexibility index (Phi) is 3.62. The second-order valence-corrected chi connectivity index (χ2v) is 5.20. The van der Waals surface area contributed by atoms with Crippen molar-refractivity contribution in [3.63, 3.8) is 0 Å². The number of carboxylic acids is 1. The van der Waals surface area contributed by atoms with E-state index in [1.165, 1.54) is 6.07 Å². The lowest BCUT2D eigenvalue weighted by Crippen LogP contribution is -2.32. The number of carboxylic acid groups (broad SMARTS) is 1. The fourth-order valence-electron chi connectivity index (χ4n) is 2.56. The van der Waals surface area contributed by atoms with Gasteiger partial charge in [-0.2, -0.15) is 0 Å². The highest BCUT2D eigenvalue weighted by molar-refractivity contribution is 5.91. The smallest absolute Gasteiger partial charge is 0.371 e. The number of rotatable bonds is 3. The molecular weight excluding hydrogens is 272 g/mol. The Morgan fingerprint density at radius 1 is 1.38 bits per heavy atom. The fourth-order valence-corrected chi connectivity index (χ4v) is 2.56. The number of nitrogens with one attached hydrogen (secondary N) is 1. The molecule has 1 saturated heterocycles. The molecule has 1 fully saturated rings. The number of carbonyl (C=O) groups excluding carboxylic acids is 1. The van der Waals surface area contributed by atoms with Gasteiger partial charge in [-0.3, -0.25) is 9.69 Å². The molecule has 0 saturated carbocycles. The van der Waals surface area contributed by atoms with Crippen molar-refractivity contribution >= 4 is 22.8 Å². The molecule has 1 amide bonds. The van der Waals surface area contributed by atoms with Crippen LogP contribution >= 0.6 is 0 Å². The van der Waals surface area contributed by atoms with Crippen molar-refractivity contribution in [1.82, 2.24) is 10.2 Å². The Labute approximate surface area is 121 Å². The van der Waals surface area contributed by atoms with Gasteiger partial charge in [0.1, 0.15) is 5.58 Å². The maximum Gasteiger partial charge on any atom is 0.371 e. The number of nitrogens with zero attached hydrogens (tertiary/aromatic N) is 1. The maximum absolute atomic E-state index is 11.5. The summed E-state index contributed by atoms with van der Waals surface area (Å²) in [7, 11) is 0. The predicted octanol–water partition coefficient (Wildman–Crippen LogP) is 1.45. The summed E-state index contributed by atoms with van der Waals surface area (Å²) in [6, 6.07) is 7.11. The highest BCUT2D eigenvalue weighted by atomic mass is 16.4. The molecule has 2 heterocycles. The molecular formula is C15H16N2O4. The van der Waals surface area contributed by atoms with Crippen LogP contribution in [-0.2, 0) is 11.3 Å². The van der Waals surface area contributed by atoms with Crippen molar-refractivity contribution < 1.29 is 19.1 Å². The van der Waals surface area contributed by atoms with Crippen molar-refractivity contribution in [2.75, 3.05) is 19.6 Å². The number of hydrogen-bond donors (Lipinski definition) is 2. The highest BCUT2D eigenvalue weighted by Crippen LogP contribution is 2.21. The predicted molar refractivity (Wildman–Crippen MR) is 76.1 cm³/mol. The lowest BCUT2D eigenvalue weighted by atomic mass is 10.1. The standard InChI is InChI=1S/C15H16N2O4/c18-14-9-17(5-1-4-16-14)8-10-2-3-12-11(6-10)7-13(21-12)15(19)20/h2-3,6-7H,1,4-5,8-9H2,(H,16,18)(H,19,20). The molecule has 0 unspecified atom stereocenters. The minimum atomic E-state index is -1.07. The average Bonchev–Trinajstić information content (AvgIpc) is 2.76. The van der Waals surface area contributed by atoms with Gasteiger partial charge in [0.25, 0.3) is 0 Å². The van der Waals surface area contributed by atoms with Crippen molar-refractivity contribution in [2.24, 2.45) is 0 Å². The second-order valence-electron chi connectivity index (χ2n) is 5.20. The molecule has 1 aliphatic rings. The third kappa shape index (κ3) is 3.05. The van der Waals surface area contributed by atoms with Crippen LogP contribution in [0.15, 0.2) is 28.7 Å². The van der Waals surface area contributed by atoms with Crippen LogP contribution in [0.2, 0.25) is 0 Å². The fraction of sp³-hybridized carbons (Fsp3) is 0.333. The van der Waals surface area contributed by atoms with Gasteiger partial charge in [0.05, 0.1) is 6.54 Å². The molecule has 110 valence electrons. The van der Waals surface area contributed by atoms with E-state index in [-0.39, 0.29) is 11.7 Å². The molecule has 0 atom stereocenters. The van der Waals surface area contributed by atoms with Gasteiger partial charge in [0.15, 0.2) is 0 Å². The zero-order chi connectivity index (χ0) is 14.8. The summed E-state index contributed by atoms with van der Waals surface area (Å²) in [5.41, 5.74) is 1.60. The molecule has 0 aliphatic carbocycles. The van der Waals surface area contributed by atoms with E-state index in [9.17, 15) is 9.59 Å². The van der Waals surface area contributed by atoms with E-state index in [4.69, 9.17) is 9.52 Å². The molecule has 0 bridgehead atoms. The van der Waals surface area contributed by atoms with E-state index in [2.05, 4.69) is 10.2 Å². The van der Waals surface area contributed by atoms with Gasteiger partial charge in [-0.05, 0) is 30.2 Å². The van der Waals surface area contributed by atoms with E-state index < -0.39 is 5.97 Å². The van der Waals surface area contributed by atoms with Gasteiger partial charge in [-0.1, -0.05) is 6.07 Å². The van der Waals surface area contributed by atoms with Crippen LogP contribution in [0.1, 0.15) is 22.5 Å². The summed E-state index contributed by atoms with van der Waals surface area (Å²) in [5, 5.41) is 12.5. The summed E-state index contributed by atoms with van der Waals surface area (Å²) < 4.78 is 5.23. The zero-order valence-corrected chi connectivity index (χ0v) is 11.5. The van der Waals surface area contributed by atoms with Crippen molar-refractivity contribution in [3.8, 4) is 0 Å².